The fourth-order valence-electron chi connectivity index (χ4n) is 2.42. The Bertz CT molecular complexity index is 790. The average Bonchev–Trinajstić information content (AvgIpc) is 2.61. The summed E-state index contributed by atoms with van der Waals surface area (Å²) in [6.45, 7) is 4.46. The van der Waals surface area contributed by atoms with Crippen molar-refractivity contribution in [2.24, 2.45) is 0 Å². The largest absolute Gasteiger partial charge is 0.356 e. The maximum absolute atomic E-state index is 12.9. The van der Waals surface area contributed by atoms with Crippen LogP contribution in [0.15, 0.2) is 34.2 Å². The van der Waals surface area contributed by atoms with E-state index < -0.39 is 0 Å². The molecule has 1 aromatic carbocycles. The number of amides is 1. The van der Waals surface area contributed by atoms with Crippen LogP contribution in [0.3, 0.4) is 0 Å². The van der Waals surface area contributed by atoms with Crippen LogP contribution in [0.1, 0.15) is 43.0 Å². The van der Waals surface area contributed by atoms with Crippen molar-refractivity contribution >= 4 is 17.7 Å². The summed E-state index contributed by atoms with van der Waals surface area (Å²) in [6.07, 6.45) is 3.13. The number of aryl methyl sites for hydroxylation is 1. The highest BCUT2D eigenvalue weighted by Gasteiger charge is 2.13. The number of aromatic nitrogens is 2. The van der Waals surface area contributed by atoms with E-state index in [9.17, 15) is 14.0 Å². The van der Waals surface area contributed by atoms with Gasteiger partial charge in [0, 0.05) is 23.6 Å². The van der Waals surface area contributed by atoms with Crippen LogP contribution < -0.4 is 10.9 Å². The predicted molar refractivity (Wildman–Crippen MR) is 102 cm³/mol. The fourth-order valence-corrected chi connectivity index (χ4v) is 3.28. The van der Waals surface area contributed by atoms with E-state index in [1.54, 1.807) is 19.1 Å². The number of hydrogen-bond donors (Lipinski definition) is 2. The third-order valence-corrected chi connectivity index (χ3v) is 4.87. The van der Waals surface area contributed by atoms with Gasteiger partial charge in [-0.05, 0) is 31.0 Å². The number of carbonyl (C=O) groups excluding carboxylic acids is 1. The highest BCUT2D eigenvalue weighted by molar-refractivity contribution is 7.98. The van der Waals surface area contributed by atoms with Gasteiger partial charge in [-0.2, -0.15) is 0 Å². The molecule has 7 heteroatoms. The van der Waals surface area contributed by atoms with Crippen molar-refractivity contribution in [3.8, 4) is 0 Å². The predicted octanol–water partition coefficient (Wildman–Crippen LogP) is 3.36. The van der Waals surface area contributed by atoms with Crippen molar-refractivity contribution in [1.29, 1.82) is 0 Å². The topological polar surface area (TPSA) is 74.8 Å². The Morgan fingerprint density at radius 2 is 2.00 bits per heavy atom. The van der Waals surface area contributed by atoms with Crippen LogP contribution in [0.4, 0.5) is 4.39 Å². The van der Waals surface area contributed by atoms with E-state index in [1.807, 2.05) is 0 Å². The van der Waals surface area contributed by atoms with E-state index in [2.05, 4.69) is 22.2 Å². The quantitative estimate of drug-likeness (QED) is 0.399. The van der Waals surface area contributed by atoms with Gasteiger partial charge in [-0.25, -0.2) is 9.37 Å². The van der Waals surface area contributed by atoms with Gasteiger partial charge in [0.25, 0.3) is 5.56 Å². The smallest absolute Gasteiger partial charge is 0.255 e. The van der Waals surface area contributed by atoms with E-state index in [-0.39, 0.29) is 23.7 Å². The lowest BCUT2D eigenvalue weighted by atomic mass is 10.1. The molecule has 0 unspecified atom stereocenters. The van der Waals surface area contributed by atoms with Gasteiger partial charge in [-0.15, -0.1) is 0 Å². The second-order valence-electron chi connectivity index (χ2n) is 6.08. The molecule has 5 nitrogen and oxygen atoms in total. The van der Waals surface area contributed by atoms with Crippen LogP contribution in [-0.4, -0.2) is 22.4 Å². The van der Waals surface area contributed by atoms with Crippen molar-refractivity contribution in [3.05, 3.63) is 57.3 Å². The van der Waals surface area contributed by atoms with Gasteiger partial charge in [0.05, 0.1) is 6.42 Å². The first-order valence-electron chi connectivity index (χ1n) is 8.73. The molecule has 0 aliphatic heterocycles. The van der Waals surface area contributed by atoms with E-state index >= 15 is 0 Å². The zero-order valence-electron chi connectivity index (χ0n) is 15.1. The van der Waals surface area contributed by atoms with Crippen molar-refractivity contribution in [2.75, 3.05) is 6.54 Å². The number of nitrogens with one attached hydrogen (secondary N) is 2. The number of rotatable bonds is 9. The minimum atomic E-state index is -0.289. The van der Waals surface area contributed by atoms with Gasteiger partial charge in [0.2, 0.25) is 5.91 Å². The summed E-state index contributed by atoms with van der Waals surface area (Å²) in [5.74, 6) is 0.126. The number of benzene rings is 1. The van der Waals surface area contributed by atoms with Crippen LogP contribution in [-0.2, 0) is 17.0 Å². The Kier molecular flexibility index (Phi) is 7.84. The number of carbonyl (C=O) groups is 1. The third kappa shape index (κ3) is 6.29. The molecule has 0 bridgehead atoms. The van der Waals surface area contributed by atoms with Crippen LogP contribution in [0.5, 0.6) is 0 Å². The first-order valence-corrected chi connectivity index (χ1v) is 9.72. The molecule has 26 heavy (non-hydrogen) atoms. The molecule has 1 amide bonds. The van der Waals surface area contributed by atoms with E-state index in [4.69, 9.17) is 0 Å². The van der Waals surface area contributed by atoms with Crippen molar-refractivity contribution < 1.29 is 9.18 Å². The second kappa shape index (κ2) is 10.1. The lowest BCUT2D eigenvalue weighted by Gasteiger charge is -2.08. The summed E-state index contributed by atoms with van der Waals surface area (Å²) < 4.78 is 12.9. The number of thioether (sulfide) groups is 1. The van der Waals surface area contributed by atoms with Gasteiger partial charge >= 0.3 is 0 Å². The normalized spacial score (nSPS) is 10.7. The summed E-state index contributed by atoms with van der Waals surface area (Å²) in [6, 6.07) is 6.20. The number of H-pyrrole nitrogens is 1. The molecule has 2 aromatic rings. The Labute approximate surface area is 156 Å². The summed E-state index contributed by atoms with van der Waals surface area (Å²) in [4.78, 5) is 31.4. The molecule has 0 radical (unpaired) electrons. The van der Waals surface area contributed by atoms with Crippen LogP contribution >= 0.6 is 11.8 Å². The molecular weight excluding hydrogens is 353 g/mol. The number of unbranched alkanes of at least 4 members (excludes halogenated alkanes) is 2. The minimum absolute atomic E-state index is 0.0310. The van der Waals surface area contributed by atoms with E-state index in [0.717, 1.165) is 24.8 Å². The maximum Gasteiger partial charge on any atom is 0.255 e. The van der Waals surface area contributed by atoms with E-state index in [1.165, 1.54) is 23.9 Å². The van der Waals surface area contributed by atoms with Crippen molar-refractivity contribution in [2.45, 2.75) is 50.4 Å². The molecule has 0 fully saturated rings. The molecule has 140 valence electrons. The summed E-state index contributed by atoms with van der Waals surface area (Å²) >= 11 is 1.36. The van der Waals surface area contributed by atoms with Gasteiger partial charge in [0.15, 0.2) is 5.16 Å². The number of halogens is 1. The second-order valence-corrected chi connectivity index (χ2v) is 7.05. The first kappa shape index (κ1) is 20.2. The lowest BCUT2D eigenvalue weighted by molar-refractivity contribution is -0.120. The molecule has 1 heterocycles. The van der Waals surface area contributed by atoms with Gasteiger partial charge in [-0.1, -0.05) is 43.7 Å². The Hall–Kier alpha value is -2.15. The minimum Gasteiger partial charge on any atom is -0.356 e. The van der Waals surface area contributed by atoms with E-state index in [0.29, 0.717) is 28.7 Å². The van der Waals surface area contributed by atoms with Gasteiger partial charge in [0.1, 0.15) is 5.82 Å². The molecule has 0 saturated heterocycles. The molecule has 2 N–H and O–H groups in total. The fraction of sp³-hybridized carbons (Fsp3) is 0.421. The Morgan fingerprint density at radius 1 is 1.27 bits per heavy atom. The molecule has 0 saturated carbocycles. The highest BCUT2D eigenvalue weighted by atomic mass is 32.2. The molecule has 1 aromatic heterocycles. The summed E-state index contributed by atoms with van der Waals surface area (Å²) in [7, 11) is 0. The molecular formula is C19H24FN3O2S. The molecule has 0 aliphatic rings. The average molecular weight is 377 g/mol. The van der Waals surface area contributed by atoms with Gasteiger partial charge < -0.3 is 10.3 Å². The Balaban J connectivity index is 1.95. The first-order chi connectivity index (χ1) is 12.5. The maximum atomic E-state index is 12.9. The lowest BCUT2D eigenvalue weighted by Crippen LogP contribution is -2.29. The zero-order chi connectivity index (χ0) is 18.9. The number of aromatic amines is 1. The monoisotopic (exact) mass is 377 g/mol. The number of nitrogens with zero attached hydrogens (tertiary/aromatic N) is 1. The molecule has 0 spiro atoms. The molecule has 0 atom stereocenters. The Morgan fingerprint density at radius 3 is 2.65 bits per heavy atom. The van der Waals surface area contributed by atoms with Crippen molar-refractivity contribution in [3.63, 3.8) is 0 Å². The third-order valence-electron chi connectivity index (χ3n) is 3.93. The summed E-state index contributed by atoms with van der Waals surface area (Å²) in [5.41, 5.74) is 1.60. The van der Waals surface area contributed by atoms with Crippen LogP contribution in [0.25, 0.3) is 0 Å². The molecule has 0 aliphatic carbocycles. The standard InChI is InChI=1S/C19H24FN3O2S/c1-3-4-5-10-21-17(24)11-16-13(2)22-19(23-18(16)25)26-12-14-6-8-15(20)9-7-14/h6-9H,3-5,10-12H2,1-2H3,(H,21,24)(H,22,23,25). The SMILES string of the molecule is CCCCCNC(=O)Cc1c(C)nc(SCc2ccc(F)cc2)[nH]c1=O. The van der Waals surface area contributed by atoms with Crippen LogP contribution in [0, 0.1) is 12.7 Å². The van der Waals surface area contributed by atoms with Crippen molar-refractivity contribution in [1.82, 2.24) is 15.3 Å². The number of hydrogen-bond acceptors (Lipinski definition) is 4. The molecule has 2 rings (SSSR count). The van der Waals surface area contributed by atoms with Gasteiger partial charge in [-0.3, -0.25) is 9.59 Å². The summed E-state index contributed by atoms with van der Waals surface area (Å²) in [5, 5.41) is 3.32. The zero-order valence-corrected chi connectivity index (χ0v) is 15.9. The van der Waals surface area contributed by atoms with Crippen LogP contribution in [0.2, 0.25) is 0 Å². The highest BCUT2D eigenvalue weighted by Crippen LogP contribution is 2.19.